The van der Waals surface area contributed by atoms with Crippen LogP contribution in [-0.4, -0.2) is 36.6 Å². The van der Waals surface area contributed by atoms with E-state index in [2.05, 4.69) is 17.1 Å². The average molecular weight is 168 g/mol. The van der Waals surface area contributed by atoms with Crippen molar-refractivity contribution < 1.29 is 0 Å². The zero-order chi connectivity index (χ0) is 8.39. The van der Waals surface area contributed by atoms with Crippen LogP contribution in [0, 0.1) is 0 Å². The highest BCUT2D eigenvalue weighted by atomic mass is 15.2. The molecule has 0 aromatic heterocycles. The quantitative estimate of drug-likeness (QED) is 0.633. The van der Waals surface area contributed by atoms with Gasteiger partial charge in [-0.05, 0) is 52.2 Å². The Morgan fingerprint density at radius 3 is 2.75 bits per heavy atom. The molecule has 1 saturated carbocycles. The van der Waals surface area contributed by atoms with E-state index < -0.39 is 0 Å². The summed E-state index contributed by atoms with van der Waals surface area (Å²) in [6.07, 6.45) is 5.58. The van der Waals surface area contributed by atoms with Crippen molar-refractivity contribution in [1.82, 2.24) is 10.2 Å². The predicted molar refractivity (Wildman–Crippen MR) is 51.3 cm³/mol. The molecule has 1 atom stereocenters. The van der Waals surface area contributed by atoms with Gasteiger partial charge in [-0.25, -0.2) is 0 Å². The maximum absolute atomic E-state index is 3.54. The van der Waals surface area contributed by atoms with Gasteiger partial charge >= 0.3 is 0 Å². The minimum Gasteiger partial charge on any atom is -0.314 e. The standard InChI is InChI=1S/C10H20N2/c1-9-5-8-12(10-3-4-10)7-2-6-11-9/h9-11H,2-8H2,1H3. The summed E-state index contributed by atoms with van der Waals surface area (Å²) in [5, 5.41) is 3.54. The van der Waals surface area contributed by atoms with Crippen LogP contribution in [0.4, 0.5) is 0 Å². The van der Waals surface area contributed by atoms with Gasteiger partial charge in [-0.2, -0.15) is 0 Å². The first-order valence-electron chi connectivity index (χ1n) is 5.33. The second-order valence-electron chi connectivity index (χ2n) is 4.26. The molecule has 1 unspecified atom stereocenters. The van der Waals surface area contributed by atoms with Gasteiger partial charge in [-0.3, -0.25) is 0 Å². The summed E-state index contributed by atoms with van der Waals surface area (Å²) in [7, 11) is 0. The van der Waals surface area contributed by atoms with E-state index in [0.29, 0.717) is 0 Å². The Bertz CT molecular complexity index is 143. The molecule has 1 heterocycles. The molecule has 0 bridgehead atoms. The molecule has 0 aromatic rings. The monoisotopic (exact) mass is 168 g/mol. The Balaban J connectivity index is 1.80. The third-order valence-corrected chi connectivity index (χ3v) is 3.03. The average Bonchev–Trinajstić information content (AvgIpc) is 2.81. The number of hydrogen-bond acceptors (Lipinski definition) is 2. The van der Waals surface area contributed by atoms with Crippen LogP contribution in [0.1, 0.15) is 32.6 Å². The zero-order valence-electron chi connectivity index (χ0n) is 8.05. The molecule has 0 radical (unpaired) electrons. The maximum Gasteiger partial charge on any atom is 0.00964 e. The normalized spacial score (nSPS) is 34.2. The van der Waals surface area contributed by atoms with Gasteiger partial charge < -0.3 is 10.2 Å². The third-order valence-electron chi connectivity index (χ3n) is 3.03. The van der Waals surface area contributed by atoms with Crippen LogP contribution in [-0.2, 0) is 0 Å². The van der Waals surface area contributed by atoms with E-state index in [-0.39, 0.29) is 0 Å². The first kappa shape index (κ1) is 8.52. The molecule has 12 heavy (non-hydrogen) atoms. The fraction of sp³-hybridized carbons (Fsp3) is 1.00. The highest BCUT2D eigenvalue weighted by molar-refractivity contribution is 4.85. The Morgan fingerprint density at radius 2 is 2.00 bits per heavy atom. The highest BCUT2D eigenvalue weighted by Gasteiger charge is 2.28. The molecule has 0 amide bonds. The van der Waals surface area contributed by atoms with E-state index in [4.69, 9.17) is 0 Å². The van der Waals surface area contributed by atoms with Crippen molar-refractivity contribution in [3.63, 3.8) is 0 Å². The molecule has 2 nitrogen and oxygen atoms in total. The lowest BCUT2D eigenvalue weighted by atomic mass is 10.2. The summed E-state index contributed by atoms with van der Waals surface area (Å²) in [6, 6.07) is 1.70. The van der Waals surface area contributed by atoms with Crippen molar-refractivity contribution in [2.24, 2.45) is 0 Å². The van der Waals surface area contributed by atoms with Gasteiger partial charge in [0, 0.05) is 12.1 Å². The molecule has 2 fully saturated rings. The fourth-order valence-electron chi connectivity index (χ4n) is 2.01. The molecule has 2 aliphatic rings. The van der Waals surface area contributed by atoms with Crippen molar-refractivity contribution in [2.45, 2.75) is 44.7 Å². The fourth-order valence-corrected chi connectivity index (χ4v) is 2.01. The predicted octanol–water partition coefficient (Wildman–Crippen LogP) is 1.22. The summed E-state index contributed by atoms with van der Waals surface area (Å²) in [5.74, 6) is 0. The van der Waals surface area contributed by atoms with Crippen molar-refractivity contribution in [3.05, 3.63) is 0 Å². The van der Waals surface area contributed by atoms with Crippen LogP contribution in [0.15, 0.2) is 0 Å². The summed E-state index contributed by atoms with van der Waals surface area (Å²) >= 11 is 0. The Hall–Kier alpha value is -0.0800. The Morgan fingerprint density at radius 1 is 1.17 bits per heavy atom. The van der Waals surface area contributed by atoms with Gasteiger partial charge in [0.25, 0.3) is 0 Å². The molecule has 0 spiro atoms. The largest absolute Gasteiger partial charge is 0.314 e. The zero-order valence-corrected chi connectivity index (χ0v) is 8.05. The van der Waals surface area contributed by atoms with E-state index >= 15 is 0 Å². The minimum atomic E-state index is 0.728. The van der Waals surface area contributed by atoms with E-state index in [9.17, 15) is 0 Å². The van der Waals surface area contributed by atoms with Gasteiger partial charge in [-0.15, -0.1) is 0 Å². The first-order chi connectivity index (χ1) is 5.86. The van der Waals surface area contributed by atoms with Crippen LogP contribution in [0.2, 0.25) is 0 Å². The van der Waals surface area contributed by atoms with Crippen molar-refractivity contribution in [3.8, 4) is 0 Å². The molecule has 1 N–H and O–H groups in total. The van der Waals surface area contributed by atoms with Gasteiger partial charge in [0.2, 0.25) is 0 Å². The molecule has 2 rings (SSSR count). The summed E-state index contributed by atoms with van der Waals surface area (Å²) in [4.78, 5) is 2.69. The van der Waals surface area contributed by atoms with Gasteiger partial charge in [-0.1, -0.05) is 0 Å². The van der Waals surface area contributed by atoms with Crippen LogP contribution >= 0.6 is 0 Å². The molecular weight excluding hydrogens is 148 g/mol. The summed E-state index contributed by atoms with van der Waals surface area (Å²) in [5.41, 5.74) is 0. The lowest BCUT2D eigenvalue weighted by molar-refractivity contribution is 0.228. The minimum absolute atomic E-state index is 0.728. The van der Waals surface area contributed by atoms with Gasteiger partial charge in [0.05, 0.1) is 0 Å². The van der Waals surface area contributed by atoms with Gasteiger partial charge in [0.1, 0.15) is 0 Å². The lowest BCUT2D eigenvalue weighted by Gasteiger charge is -2.27. The molecule has 1 aliphatic carbocycles. The molecule has 1 saturated heterocycles. The van der Waals surface area contributed by atoms with E-state index in [0.717, 1.165) is 12.1 Å². The third kappa shape index (κ3) is 2.20. The van der Waals surface area contributed by atoms with Crippen molar-refractivity contribution >= 4 is 0 Å². The number of hydrogen-bond donors (Lipinski definition) is 1. The smallest absolute Gasteiger partial charge is 0.00964 e. The van der Waals surface area contributed by atoms with Crippen LogP contribution in [0.25, 0.3) is 0 Å². The van der Waals surface area contributed by atoms with Crippen molar-refractivity contribution in [1.29, 1.82) is 0 Å². The SMILES string of the molecule is CC1CCN(C2CC2)CCCN1. The van der Waals surface area contributed by atoms with E-state index in [1.165, 1.54) is 45.3 Å². The van der Waals surface area contributed by atoms with E-state index in [1.807, 2.05) is 0 Å². The molecular formula is C10H20N2. The molecule has 0 aromatic carbocycles. The highest BCUT2D eigenvalue weighted by Crippen LogP contribution is 2.27. The second kappa shape index (κ2) is 3.75. The lowest BCUT2D eigenvalue weighted by Crippen LogP contribution is -2.39. The Labute approximate surface area is 75.3 Å². The van der Waals surface area contributed by atoms with Gasteiger partial charge in [0.15, 0.2) is 0 Å². The van der Waals surface area contributed by atoms with Crippen LogP contribution < -0.4 is 5.32 Å². The molecule has 2 heteroatoms. The summed E-state index contributed by atoms with van der Waals surface area (Å²) < 4.78 is 0. The Kier molecular flexibility index (Phi) is 2.66. The van der Waals surface area contributed by atoms with Crippen LogP contribution in [0.3, 0.4) is 0 Å². The summed E-state index contributed by atoms with van der Waals surface area (Å²) in [6.45, 7) is 6.16. The first-order valence-corrected chi connectivity index (χ1v) is 5.33. The maximum atomic E-state index is 3.54. The number of rotatable bonds is 1. The number of nitrogens with one attached hydrogen (secondary N) is 1. The second-order valence-corrected chi connectivity index (χ2v) is 4.26. The van der Waals surface area contributed by atoms with Crippen molar-refractivity contribution in [2.75, 3.05) is 19.6 Å². The van der Waals surface area contributed by atoms with Crippen LogP contribution in [0.5, 0.6) is 0 Å². The topological polar surface area (TPSA) is 15.3 Å². The van der Waals surface area contributed by atoms with E-state index in [1.54, 1.807) is 0 Å². The number of nitrogens with zero attached hydrogens (tertiary/aromatic N) is 1. The molecule has 1 aliphatic heterocycles. The molecule has 70 valence electrons.